The van der Waals surface area contributed by atoms with Crippen LogP contribution in [-0.2, 0) is 4.74 Å². The van der Waals surface area contributed by atoms with E-state index in [2.05, 4.69) is 6.07 Å². The Labute approximate surface area is 134 Å². The first-order chi connectivity index (χ1) is 10.6. The summed E-state index contributed by atoms with van der Waals surface area (Å²) < 4.78 is 9.95. The van der Waals surface area contributed by atoms with Gasteiger partial charge in [0.1, 0.15) is 5.75 Å². The molecule has 0 bridgehead atoms. The van der Waals surface area contributed by atoms with Gasteiger partial charge < -0.3 is 9.47 Å². The zero-order chi connectivity index (χ0) is 15.7. The molecule has 2 aromatic rings. The Morgan fingerprint density at radius 1 is 1.14 bits per heavy atom. The summed E-state index contributed by atoms with van der Waals surface area (Å²) >= 11 is 6.35. The summed E-state index contributed by atoms with van der Waals surface area (Å²) in [5.74, 6) is 1.25. The van der Waals surface area contributed by atoms with Crippen LogP contribution >= 0.6 is 11.6 Å². The second-order valence-electron chi connectivity index (χ2n) is 5.45. The van der Waals surface area contributed by atoms with Crippen molar-refractivity contribution in [2.75, 3.05) is 14.2 Å². The van der Waals surface area contributed by atoms with Crippen LogP contribution in [0.25, 0.3) is 0 Å². The lowest BCUT2D eigenvalue weighted by molar-refractivity contribution is 0.0600. The first-order valence-corrected chi connectivity index (χ1v) is 7.53. The number of methoxy groups -OCH3 is 2. The van der Waals surface area contributed by atoms with Gasteiger partial charge in [-0.05, 0) is 53.6 Å². The molecule has 0 unspecified atom stereocenters. The Bertz CT molecular complexity index is 711. The van der Waals surface area contributed by atoms with Crippen LogP contribution in [0.5, 0.6) is 5.75 Å². The quantitative estimate of drug-likeness (QED) is 0.784. The molecule has 3 nitrogen and oxygen atoms in total. The first-order valence-electron chi connectivity index (χ1n) is 7.15. The number of hydrogen-bond donors (Lipinski definition) is 0. The summed E-state index contributed by atoms with van der Waals surface area (Å²) in [6, 6.07) is 13.4. The van der Waals surface area contributed by atoms with Crippen LogP contribution in [-0.4, -0.2) is 20.2 Å². The lowest BCUT2D eigenvalue weighted by Gasteiger charge is -2.07. The number of halogens is 1. The molecular weight excluding hydrogens is 300 g/mol. The van der Waals surface area contributed by atoms with Crippen LogP contribution in [0, 0.1) is 0 Å². The Morgan fingerprint density at radius 3 is 2.64 bits per heavy atom. The van der Waals surface area contributed by atoms with Crippen molar-refractivity contribution in [1.82, 2.24) is 0 Å². The molecule has 0 radical (unpaired) electrons. The van der Waals surface area contributed by atoms with Gasteiger partial charge in [-0.2, -0.15) is 0 Å². The van der Waals surface area contributed by atoms with E-state index in [4.69, 9.17) is 21.1 Å². The molecule has 0 saturated heterocycles. The van der Waals surface area contributed by atoms with Crippen molar-refractivity contribution < 1.29 is 14.3 Å². The van der Waals surface area contributed by atoms with E-state index in [9.17, 15) is 4.79 Å². The molecule has 1 aliphatic rings. The minimum Gasteiger partial charge on any atom is -0.497 e. The molecule has 0 spiro atoms. The molecule has 0 aromatic heterocycles. The van der Waals surface area contributed by atoms with Gasteiger partial charge in [-0.25, -0.2) is 4.79 Å². The lowest BCUT2D eigenvalue weighted by Crippen LogP contribution is -2.01. The summed E-state index contributed by atoms with van der Waals surface area (Å²) in [6.07, 6.45) is 1.04. The zero-order valence-corrected chi connectivity index (χ0v) is 13.3. The minimum absolute atomic E-state index is 0.304. The highest BCUT2D eigenvalue weighted by Gasteiger charge is 2.40. The fourth-order valence-corrected chi connectivity index (χ4v) is 3.17. The number of rotatable bonds is 4. The van der Waals surface area contributed by atoms with Crippen LogP contribution < -0.4 is 4.74 Å². The molecule has 3 rings (SSSR count). The molecule has 2 aromatic carbocycles. The largest absolute Gasteiger partial charge is 0.497 e. The standard InChI is InChI=1S/C18H17ClO3/c1-21-13-6-7-14(17(19)9-13)16-10-15(16)11-4-3-5-12(8-11)18(20)22-2/h3-9,15-16H,10H2,1-2H3/t15-,16-/m0/s1. The first kappa shape index (κ1) is 14.9. The second-order valence-corrected chi connectivity index (χ2v) is 5.86. The van der Waals surface area contributed by atoms with Gasteiger partial charge in [-0.3, -0.25) is 0 Å². The van der Waals surface area contributed by atoms with E-state index in [1.165, 1.54) is 7.11 Å². The third kappa shape index (κ3) is 2.81. The van der Waals surface area contributed by atoms with Gasteiger partial charge in [0, 0.05) is 5.02 Å². The topological polar surface area (TPSA) is 35.5 Å². The van der Waals surface area contributed by atoms with E-state index in [1.807, 2.05) is 30.3 Å². The predicted molar refractivity (Wildman–Crippen MR) is 85.9 cm³/mol. The average molecular weight is 317 g/mol. The van der Waals surface area contributed by atoms with Gasteiger partial charge in [-0.1, -0.05) is 29.8 Å². The second kappa shape index (κ2) is 6.01. The maximum Gasteiger partial charge on any atom is 0.337 e. The summed E-state index contributed by atoms with van der Waals surface area (Å²) in [5.41, 5.74) is 2.88. The third-order valence-corrected chi connectivity index (χ3v) is 4.46. The molecule has 0 aliphatic heterocycles. The Morgan fingerprint density at radius 2 is 1.95 bits per heavy atom. The van der Waals surface area contributed by atoms with Crippen LogP contribution in [0.3, 0.4) is 0 Å². The molecule has 1 fully saturated rings. The van der Waals surface area contributed by atoms with Crippen LogP contribution in [0.15, 0.2) is 42.5 Å². The van der Waals surface area contributed by atoms with Crippen molar-refractivity contribution in [3.63, 3.8) is 0 Å². The van der Waals surface area contributed by atoms with Crippen molar-refractivity contribution in [3.05, 3.63) is 64.2 Å². The van der Waals surface area contributed by atoms with E-state index in [0.717, 1.165) is 28.3 Å². The fourth-order valence-electron chi connectivity index (χ4n) is 2.86. The zero-order valence-electron chi connectivity index (χ0n) is 12.5. The lowest BCUT2D eigenvalue weighted by atomic mass is 10.0. The number of benzene rings is 2. The SMILES string of the molecule is COC(=O)c1cccc([C@@H]2C[C@H]2c2ccc(OC)cc2Cl)c1. The van der Waals surface area contributed by atoms with Gasteiger partial charge in [0.25, 0.3) is 0 Å². The number of carbonyl (C=O) groups excluding carboxylic acids is 1. The molecule has 1 aliphatic carbocycles. The van der Waals surface area contributed by atoms with E-state index >= 15 is 0 Å². The summed E-state index contributed by atoms with van der Waals surface area (Å²) in [7, 11) is 3.02. The molecule has 0 amide bonds. The molecule has 0 N–H and O–H groups in total. The van der Waals surface area contributed by atoms with Gasteiger partial charge in [0.2, 0.25) is 0 Å². The molecule has 0 heterocycles. The normalized spacial score (nSPS) is 19.6. The van der Waals surface area contributed by atoms with Gasteiger partial charge in [0.15, 0.2) is 0 Å². The van der Waals surface area contributed by atoms with Gasteiger partial charge in [-0.15, -0.1) is 0 Å². The molecular formula is C18H17ClO3. The Balaban J connectivity index is 1.81. The number of ether oxygens (including phenoxy) is 2. The average Bonchev–Trinajstić information content (AvgIpc) is 3.34. The number of esters is 1. The smallest absolute Gasteiger partial charge is 0.337 e. The Hall–Kier alpha value is -2.00. The highest BCUT2D eigenvalue weighted by molar-refractivity contribution is 6.31. The van der Waals surface area contributed by atoms with Crippen molar-refractivity contribution in [2.45, 2.75) is 18.3 Å². The maximum atomic E-state index is 11.6. The van der Waals surface area contributed by atoms with Gasteiger partial charge >= 0.3 is 5.97 Å². The Kier molecular flexibility index (Phi) is 4.08. The van der Waals surface area contributed by atoms with E-state index in [0.29, 0.717) is 17.4 Å². The molecule has 4 heteroatoms. The van der Waals surface area contributed by atoms with E-state index in [-0.39, 0.29) is 5.97 Å². The van der Waals surface area contributed by atoms with Crippen LogP contribution in [0.4, 0.5) is 0 Å². The molecule has 2 atom stereocenters. The van der Waals surface area contributed by atoms with Crippen LogP contribution in [0.1, 0.15) is 39.7 Å². The fraction of sp³-hybridized carbons (Fsp3) is 0.278. The molecule has 1 saturated carbocycles. The monoisotopic (exact) mass is 316 g/mol. The third-order valence-electron chi connectivity index (χ3n) is 4.13. The molecule has 22 heavy (non-hydrogen) atoms. The van der Waals surface area contributed by atoms with Crippen LogP contribution in [0.2, 0.25) is 5.02 Å². The molecule has 114 valence electrons. The van der Waals surface area contributed by atoms with Crippen molar-refractivity contribution in [1.29, 1.82) is 0 Å². The number of carbonyl (C=O) groups is 1. The number of hydrogen-bond acceptors (Lipinski definition) is 3. The predicted octanol–water partition coefficient (Wildman–Crippen LogP) is 4.41. The minimum atomic E-state index is -0.304. The van der Waals surface area contributed by atoms with Crippen molar-refractivity contribution >= 4 is 17.6 Å². The maximum absolute atomic E-state index is 11.6. The highest BCUT2D eigenvalue weighted by atomic mass is 35.5. The summed E-state index contributed by atoms with van der Waals surface area (Å²) in [5, 5.41) is 0.732. The highest BCUT2D eigenvalue weighted by Crippen LogP contribution is 2.56. The summed E-state index contributed by atoms with van der Waals surface area (Å²) in [4.78, 5) is 11.6. The van der Waals surface area contributed by atoms with E-state index < -0.39 is 0 Å². The van der Waals surface area contributed by atoms with E-state index in [1.54, 1.807) is 13.2 Å². The van der Waals surface area contributed by atoms with Crippen molar-refractivity contribution in [3.8, 4) is 5.75 Å². The van der Waals surface area contributed by atoms with Crippen molar-refractivity contribution in [2.24, 2.45) is 0 Å². The van der Waals surface area contributed by atoms with Gasteiger partial charge in [0.05, 0.1) is 19.8 Å². The summed E-state index contributed by atoms with van der Waals surface area (Å²) in [6.45, 7) is 0.